The average Bonchev–Trinajstić information content (AvgIpc) is 3.01. The molecule has 1 heterocycles. The summed E-state index contributed by atoms with van der Waals surface area (Å²) in [7, 11) is 1.65. The molecule has 0 aromatic heterocycles. The lowest BCUT2D eigenvalue weighted by molar-refractivity contribution is -0.143. The van der Waals surface area contributed by atoms with Crippen LogP contribution in [0.5, 0.6) is 5.75 Å². The Morgan fingerprint density at radius 1 is 1.10 bits per heavy atom. The van der Waals surface area contributed by atoms with Crippen LogP contribution >= 0.6 is 0 Å². The number of likely N-dealkylation sites (tertiary alicyclic amines) is 1. The number of hydrogen-bond acceptors (Lipinski definition) is 3. The predicted octanol–water partition coefficient (Wildman–Crippen LogP) is 4.61. The van der Waals surface area contributed by atoms with Gasteiger partial charge in [0.1, 0.15) is 5.75 Å². The average molecular weight is 401 g/mol. The minimum absolute atomic E-state index is 0.117. The molecule has 0 radical (unpaired) electrons. The predicted molar refractivity (Wildman–Crippen MR) is 115 cm³/mol. The fourth-order valence-electron chi connectivity index (χ4n) is 4.76. The third-order valence-corrected chi connectivity index (χ3v) is 6.45. The van der Waals surface area contributed by atoms with Crippen molar-refractivity contribution in [3.63, 3.8) is 0 Å². The highest BCUT2D eigenvalue weighted by Crippen LogP contribution is 2.38. The minimum Gasteiger partial charge on any atom is -0.497 e. The number of piperidine rings is 1. The Labute approximate surface area is 175 Å². The summed E-state index contributed by atoms with van der Waals surface area (Å²) in [5.74, 6) is 0.876. The number of carbonyl (C=O) groups excluding carboxylic acids is 2. The second-order valence-corrected chi connectivity index (χ2v) is 8.50. The van der Waals surface area contributed by atoms with Crippen molar-refractivity contribution in [2.24, 2.45) is 5.92 Å². The van der Waals surface area contributed by atoms with Crippen LogP contribution in [0.25, 0.3) is 0 Å². The van der Waals surface area contributed by atoms with Crippen molar-refractivity contribution in [3.05, 3.63) is 29.8 Å². The maximum absolute atomic E-state index is 13.3. The molecular formula is C24H36N2O3. The van der Waals surface area contributed by atoms with Gasteiger partial charge in [-0.3, -0.25) is 9.59 Å². The van der Waals surface area contributed by atoms with E-state index in [9.17, 15) is 9.59 Å². The molecule has 1 N–H and O–H groups in total. The van der Waals surface area contributed by atoms with Crippen LogP contribution in [0.4, 0.5) is 0 Å². The zero-order chi connectivity index (χ0) is 20.6. The summed E-state index contributed by atoms with van der Waals surface area (Å²) < 4.78 is 5.30. The van der Waals surface area contributed by atoms with E-state index in [-0.39, 0.29) is 29.8 Å². The molecule has 5 heteroatoms. The lowest BCUT2D eigenvalue weighted by Gasteiger charge is -2.41. The van der Waals surface area contributed by atoms with Crippen LogP contribution in [0, 0.1) is 5.92 Å². The molecule has 1 aromatic carbocycles. The normalized spacial score (nSPS) is 23.5. The SMILES string of the molecule is CCCCN1C(=O)CC[C@H](C(=O)NC2CCCCCC2)[C@H]1c1ccc(OC)cc1. The Balaban J connectivity index is 1.83. The monoisotopic (exact) mass is 400 g/mol. The van der Waals surface area contributed by atoms with Gasteiger partial charge in [-0.15, -0.1) is 0 Å². The first-order chi connectivity index (χ1) is 14.1. The molecule has 29 heavy (non-hydrogen) atoms. The molecule has 1 saturated carbocycles. The van der Waals surface area contributed by atoms with E-state index in [4.69, 9.17) is 4.74 Å². The standard InChI is InChI=1S/C24H36N2O3/c1-3-4-17-26-22(27)16-15-21(23(26)18-11-13-20(29-2)14-12-18)24(28)25-19-9-7-5-6-8-10-19/h11-14,19,21,23H,3-10,15-17H2,1-2H3,(H,25,28)/t21-,23+/m0/s1. The van der Waals surface area contributed by atoms with Gasteiger partial charge in [-0.25, -0.2) is 0 Å². The second kappa shape index (κ2) is 10.7. The molecule has 2 amide bonds. The second-order valence-electron chi connectivity index (χ2n) is 8.50. The maximum atomic E-state index is 13.3. The first kappa shape index (κ1) is 21.7. The number of nitrogens with zero attached hydrogens (tertiary/aromatic N) is 1. The number of hydrogen-bond donors (Lipinski definition) is 1. The van der Waals surface area contributed by atoms with Crippen LogP contribution in [0.2, 0.25) is 0 Å². The molecule has 0 unspecified atom stereocenters. The van der Waals surface area contributed by atoms with Crippen LogP contribution in [-0.4, -0.2) is 36.4 Å². The number of nitrogens with one attached hydrogen (secondary N) is 1. The van der Waals surface area contributed by atoms with Gasteiger partial charge in [0.2, 0.25) is 11.8 Å². The molecule has 2 aliphatic rings. The molecule has 0 spiro atoms. The molecule has 2 atom stereocenters. The van der Waals surface area contributed by atoms with Crippen LogP contribution in [-0.2, 0) is 9.59 Å². The van der Waals surface area contributed by atoms with Gasteiger partial charge in [0, 0.05) is 19.0 Å². The first-order valence-corrected chi connectivity index (χ1v) is 11.4. The highest BCUT2D eigenvalue weighted by Gasteiger charge is 2.40. The summed E-state index contributed by atoms with van der Waals surface area (Å²) in [6.45, 7) is 2.84. The van der Waals surface area contributed by atoms with Gasteiger partial charge >= 0.3 is 0 Å². The van der Waals surface area contributed by atoms with Gasteiger partial charge in [-0.05, 0) is 43.4 Å². The lowest BCUT2D eigenvalue weighted by Crippen LogP contribution is -2.50. The van der Waals surface area contributed by atoms with Crippen molar-refractivity contribution >= 4 is 11.8 Å². The Morgan fingerprint density at radius 3 is 2.41 bits per heavy atom. The number of amides is 2. The third-order valence-electron chi connectivity index (χ3n) is 6.45. The highest BCUT2D eigenvalue weighted by molar-refractivity contribution is 5.85. The van der Waals surface area contributed by atoms with Gasteiger partial charge in [0.15, 0.2) is 0 Å². The lowest BCUT2D eigenvalue weighted by atomic mass is 9.83. The summed E-state index contributed by atoms with van der Waals surface area (Å²) in [5.41, 5.74) is 1.02. The van der Waals surface area contributed by atoms with E-state index in [1.54, 1.807) is 7.11 Å². The summed E-state index contributed by atoms with van der Waals surface area (Å²) in [6.07, 6.45) is 10.1. The van der Waals surface area contributed by atoms with Crippen molar-refractivity contribution in [2.75, 3.05) is 13.7 Å². The quantitative estimate of drug-likeness (QED) is 0.680. The summed E-state index contributed by atoms with van der Waals surface area (Å²) >= 11 is 0. The van der Waals surface area contributed by atoms with E-state index in [0.717, 1.165) is 37.0 Å². The first-order valence-electron chi connectivity index (χ1n) is 11.4. The van der Waals surface area contributed by atoms with Gasteiger partial charge in [-0.1, -0.05) is 51.2 Å². The Kier molecular flexibility index (Phi) is 7.96. The largest absolute Gasteiger partial charge is 0.497 e. The molecule has 3 rings (SSSR count). The van der Waals surface area contributed by atoms with E-state index in [1.807, 2.05) is 29.2 Å². The van der Waals surface area contributed by atoms with Crippen molar-refractivity contribution in [2.45, 2.75) is 83.2 Å². The zero-order valence-corrected chi connectivity index (χ0v) is 18.0. The number of benzene rings is 1. The van der Waals surface area contributed by atoms with Crippen LogP contribution in [0.3, 0.4) is 0 Å². The minimum atomic E-state index is -0.195. The summed E-state index contributed by atoms with van der Waals surface area (Å²) in [5, 5.41) is 3.34. The zero-order valence-electron chi connectivity index (χ0n) is 18.0. The summed E-state index contributed by atoms with van der Waals surface area (Å²) in [4.78, 5) is 28.1. The molecule has 1 aliphatic carbocycles. The van der Waals surface area contributed by atoms with Crippen molar-refractivity contribution < 1.29 is 14.3 Å². The Bertz CT molecular complexity index is 665. The molecule has 5 nitrogen and oxygen atoms in total. The van der Waals surface area contributed by atoms with E-state index < -0.39 is 0 Å². The van der Waals surface area contributed by atoms with Crippen molar-refractivity contribution in [1.82, 2.24) is 10.2 Å². The molecule has 1 aromatic rings. The van der Waals surface area contributed by atoms with Gasteiger partial charge in [0.05, 0.1) is 19.1 Å². The summed E-state index contributed by atoms with van der Waals surface area (Å²) in [6, 6.07) is 7.95. The van der Waals surface area contributed by atoms with E-state index in [0.29, 0.717) is 19.4 Å². The van der Waals surface area contributed by atoms with Gasteiger partial charge in [0.25, 0.3) is 0 Å². The van der Waals surface area contributed by atoms with E-state index >= 15 is 0 Å². The molecule has 1 aliphatic heterocycles. The number of rotatable bonds is 7. The Hall–Kier alpha value is -2.04. The van der Waals surface area contributed by atoms with Gasteiger partial charge < -0.3 is 15.0 Å². The number of carbonyl (C=O) groups is 2. The topological polar surface area (TPSA) is 58.6 Å². The number of methoxy groups -OCH3 is 1. The van der Waals surface area contributed by atoms with Crippen LogP contribution in [0.1, 0.15) is 82.7 Å². The van der Waals surface area contributed by atoms with Crippen LogP contribution in [0.15, 0.2) is 24.3 Å². The molecule has 160 valence electrons. The molecule has 0 bridgehead atoms. The smallest absolute Gasteiger partial charge is 0.225 e. The Morgan fingerprint density at radius 2 is 1.79 bits per heavy atom. The van der Waals surface area contributed by atoms with Crippen LogP contribution < -0.4 is 10.1 Å². The molecule has 2 fully saturated rings. The maximum Gasteiger partial charge on any atom is 0.225 e. The highest BCUT2D eigenvalue weighted by atomic mass is 16.5. The molecule has 1 saturated heterocycles. The van der Waals surface area contributed by atoms with Gasteiger partial charge in [-0.2, -0.15) is 0 Å². The fraction of sp³-hybridized carbons (Fsp3) is 0.667. The van der Waals surface area contributed by atoms with E-state index in [1.165, 1.54) is 25.7 Å². The fourth-order valence-corrected chi connectivity index (χ4v) is 4.76. The van der Waals surface area contributed by atoms with Crippen molar-refractivity contribution in [1.29, 1.82) is 0 Å². The van der Waals surface area contributed by atoms with Crippen molar-refractivity contribution in [3.8, 4) is 5.75 Å². The molecular weight excluding hydrogens is 364 g/mol. The third kappa shape index (κ3) is 5.52. The van der Waals surface area contributed by atoms with E-state index in [2.05, 4.69) is 12.2 Å². The number of unbranched alkanes of at least 4 members (excludes halogenated alkanes) is 1. The number of ether oxygens (including phenoxy) is 1.